The molecular formula is C20H26I2N4O2. The highest BCUT2D eigenvalue weighted by Gasteiger charge is 2.26. The number of hydrogen-bond donors (Lipinski definition) is 2. The van der Waals surface area contributed by atoms with Gasteiger partial charge in [0, 0.05) is 43.7 Å². The van der Waals surface area contributed by atoms with E-state index >= 15 is 0 Å². The SMILES string of the molecule is Cc1c2c(n(C)c1I)CCC(I)C(=O)N2.Cc1cn(C)c2c1NC(=O)CCC2. The zero-order valence-electron chi connectivity index (χ0n) is 16.7. The van der Waals surface area contributed by atoms with Crippen LogP contribution < -0.4 is 10.6 Å². The summed E-state index contributed by atoms with van der Waals surface area (Å²) in [7, 11) is 4.09. The smallest absolute Gasteiger partial charge is 0.237 e. The van der Waals surface area contributed by atoms with Crippen LogP contribution in [0.25, 0.3) is 0 Å². The average molecular weight is 608 g/mol. The van der Waals surface area contributed by atoms with Crippen LogP contribution in [-0.4, -0.2) is 24.9 Å². The number of halogens is 2. The second kappa shape index (κ2) is 8.76. The number of nitrogens with zero attached hydrogens (tertiary/aromatic N) is 2. The summed E-state index contributed by atoms with van der Waals surface area (Å²) in [5, 5.41) is 5.98. The van der Waals surface area contributed by atoms with Gasteiger partial charge in [-0.05, 0) is 67.7 Å². The number of fused-ring (bicyclic) bond motifs is 2. The molecule has 152 valence electrons. The van der Waals surface area contributed by atoms with E-state index in [1.807, 2.05) is 14.0 Å². The molecule has 0 radical (unpaired) electrons. The topological polar surface area (TPSA) is 68.1 Å². The summed E-state index contributed by atoms with van der Waals surface area (Å²) in [6.45, 7) is 4.10. The highest BCUT2D eigenvalue weighted by Crippen LogP contribution is 2.32. The first-order chi connectivity index (χ1) is 13.2. The Morgan fingerprint density at radius 3 is 2.46 bits per heavy atom. The van der Waals surface area contributed by atoms with Crippen molar-refractivity contribution < 1.29 is 9.59 Å². The van der Waals surface area contributed by atoms with Crippen LogP contribution in [0.4, 0.5) is 11.4 Å². The Kier molecular flexibility index (Phi) is 6.78. The Balaban J connectivity index is 0.000000162. The van der Waals surface area contributed by atoms with Crippen LogP contribution in [0.2, 0.25) is 0 Å². The molecule has 2 aliphatic rings. The molecule has 2 N–H and O–H groups in total. The zero-order valence-corrected chi connectivity index (χ0v) is 21.0. The fourth-order valence-electron chi connectivity index (χ4n) is 3.84. The van der Waals surface area contributed by atoms with E-state index in [4.69, 9.17) is 0 Å². The van der Waals surface area contributed by atoms with Crippen molar-refractivity contribution in [2.75, 3.05) is 10.6 Å². The largest absolute Gasteiger partial charge is 0.352 e. The molecule has 0 saturated carbocycles. The normalized spacial score (nSPS) is 18.7. The second-order valence-corrected chi connectivity index (χ2v) is 9.96. The molecule has 0 saturated heterocycles. The highest BCUT2D eigenvalue weighted by molar-refractivity contribution is 14.1. The molecule has 0 spiro atoms. The maximum absolute atomic E-state index is 11.7. The summed E-state index contributed by atoms with van der Waals surface area (Å²) in [5.41, 5.74) is 6.92. The predicted molar refractivity (Wildman–Crippen MR) is 129 cm³/mol. The Morgan fingerprint density at radius 2 is 1.75 bits per heavy atom. The van der Waals surface area contributed by atoms with Crippen LogP contribution in [-0.2, 0) is 36.5 Å². The Labute approximate surface area is 193 Å². The van der Waals surface area contributed by atoms with Gasteiger partial charge < -0.3 is 19.8 Å². The minimum atomic E-state index is 0.0899. The van der Waals surface area contributed by atoms with Gasteiger partial charge in [0.25, 0.3) is 0 Å². The van der Waals surface area contributed by atoms with Crippen molar-refractivity contribution in [3.63, 3.8) is 0 Å². The molecule has 28 heavy (non-hydrogen) atoms. The molecule has 0 bridgehead atoms. The highest BCUT2D eigenvalue weighted by atomic mass is 127. The average Bonchev–Trinajstić information content (AvgIpc) is 2.89. The van der Waals surface area contributed by atoms with E-state index in [1.54, 1.807) is 0 Å². The van der Waals surface area contributed by atoms with Crippen molar-refractivity contribution in [1.29, 1.82) is 0 Å². The fraction of sp³-hybridized carbons (Fsp3) is 0.500. The van der Waals surface area contributed by atoms with E-state index in [1.165, 1.54) is 20.7 Å². The van der Waals surface area contributed by atoms with Gasteiger partial charge >= 0.3 is 0 Å². The molecule has 4 rings (SSSR count). The van der Waals surface area contributed by atoms with Gasteiger partial charge in [-0.2, -0.15) is 0 Å². The summed E-state index contributed by atoms with van der Waals surface area (Å²) < 4.78 is 5.59. The minimum Gasteiger partial charge on any atom is -0.352 e. The molecule has 2 aromatic rings. The third-order valence-electron chi connectivity index (χ3n) is 5.42. The van der Waals surface area contributed by atoms with E-state index < -0.39 is 0 Å². The minimum absolute atomic E-state index is 0.0899. The molecule has 0 aliphatic carbocycles. The molecule has 2 aromatic heterocycles. The van der Waals surface area contributed by atoms with Gasteiger partial charge in [-0.3, -0.25) is 9.59 Å². The summed E-state index contributed by atoms with van der Waals surface area (Å²) in [6.07, 6.45) is 6.56. The molecule has 0 fully saturated rings. The van der Waals surface area contributed by atoms with Gasteiger partial charge in [-0.15, -0.1) is 0 Å². The molecule has 6 nitrogen and oxygen atoms in total. The Morgan fingerprint density at radius 1 is 1.04 bits per heavy atom. The van der Waals surface area contributed by atoms with E-state index in [0.717, 1.165) is 42.6 Å². The van der Waals surface area contributed by atoms with Crippen LogP contribution in [0.1, 0.15) is 41.8 Å². The van der Waals surface area contributed by atoms with Crippen molar-refractivity contribution in [3.05, 3.63) is 32.4 Å². The van der Waals surface area contributed by atoms with Crippen LogP contribution in [0.3, 0.4) is 0 Å². The van der Waals surface area contributed by atoms with Gasteiger partial charge in [0.15, 0.2) is 0 Å². The summed E-state index contributed by atoms with van der Waals surface area (Å²) in [5.74, 6) is 0.285. The van der Waals surface area contributed by atoms with Gasteiger partial charge in [0.05, 0.1) is 19.0 Å². The first-order valence-corrected chi connectivity index (χ1v) is 11.8. The first-order valence-electron chi connectivity index (χ1n) is 9.44. The van der Waals surface area contributed by atoms with Crippen LogP contribution in [0, 0.1) is 17.5 Å². The number of hydrogen-bond acceptors (Lipinski definition) is 2. The van der Waals surface area contributed by atoms with Crippen molar-refractivity contribution in [2.45, 2.75) is 49.9 Å². The Bertz CT molecular complexity index is 930. The maximum atomic E-state index is 11.7. The number of alkyl halides is 1. The summed E-state index contributed by atoms with van der Waals surface area (Å²) in [4.78, 5) is 23.0. The monoisotopic (exact) mass is 608 g/mol. The number of nitrogens with one attached hydrogen (secondary N) is 2. The van der Waals surface area contributed by atoms with E-state index in [0.29, 0.717) is 6.42 Å². The lowest BCUT2D eigenvalue weighted by Crippen LogP contribution is -2.20. The number of carbonyl (C=O) groups is 2. The zero-order chi connectivity index (χ0) is 20.6. The number of anilines is 2. The number of aryl methyl sites for hydroxylation is 2. The van der Waals surface area contributed by atoms with Crippen LogP contribution >= 0.6 is 45.2 Å². The quantitative estimate of drug-likeness (QED) is 0.348. The Hall–Kier alpha value is -1.04. The van der Waals surface area contributed by atoms with Crippen LogP contribution in [0.5, 0.6) is 0 Å². The number of rotatable bonds is 0. The standard InChI is InChI=1S/C10H12I2N2O.C10H14N2O/c1-5-8-7(14(2)9(5)12)4-3-6(11)10(15)13-8;1-7-6-12(2)8-4-3-5-9(13)11-10(7)8/h6H,3-4H2,1-2H3,(H,13,15);6H,3-5H2,1-2H3,(H,11,13). The van der Waals surface area contributed by atoms with Crippen LogP contribution in [0.15, 0.2) is 6.20 Å². The molecular weight excluding hydrogens is 582 g/mol. The van der Waals surface area contributed by atoms with Gasteiger partial charge in [0.1, 0.15) is 0 Å². The molecule has 1 unspecified atom stereocenters. The molecule has 2 aliphatic heterocycles. The predicted octanol–water partition coefficient (Wildman–Crippen LogP) is 4.23. The third kappa shape index (κ3) is 4.27. The molecule has 8 heteroatoms. The van der Waals surface area contributed by atoms with Crippen molar-refractivity contribution in [2.24, 2.45) is 14.1 Å². The lowest BCUT2D eigenvalue weighted by molar-refractivity contribution is -0.116. The maximum Gasteiger partial charge on any atom is 0.237 e. The third-order valence-corrected chi connectivity index (χ3v) is 8.14. The number of carbonyl (C=O) groups excluding carboxylic acids is 2. The second-order valence-electron chi connectivity index (χ2n) is 7.44. The van der Waals surface area contributed by atoms with Gasteiger partial charge in [-0.1, -0.05) is 22.6 Å². The molecule has 1 atom stereocenters. The lowest BCUT2D eigenvalue weighted by Gasteiger charge is -2.05. The van der Waals surface area contributed by atoms with Crippen molar-refractivity contribution >= 4 is 68.4 Å². The molecule has 4 heterocycles. The number of aromatic nitrogens is 2. The van der Waals surface area contributed by atoms with Gasteiger partial charge in [0.2, 0.25) is 11.8 Å². The lowest BCUT2D eigenvalue weighted by atomic mass is 10.2. The van der Waals surface area contributed by atoms with Crippen molar-refractivity contribution in [1.82, 2.24) is 9.13 Å². The van der Waals surface area contributed by atoms with E-state index in [-0.39, 0.29) is 15.7 Å². The molecule has 0 aromatic carbocycles. The van der Waals surface area contributed by atoms with Crippen molar-refractivity contribution in [3.8, 4) is 0 Å². The fourth-order valence-corrected chi connectivity index (χ4v) is 4.87. The van der Waals surface area contributed by atoms with E-state index in [9.17, 15) is 9.59 Å². The first kappa shape index (κ1) is 21.7. The number of amides is 2. The summed E-state index contributed by atoms with van der Waals surface area (Å²) in [6, 6.07) is 0. The van der Waals surface area contributed by atoms with E-state index in [2.05, 4.69) is 85.1 Å². The molecule has 2 amide bonds. The summed E-state index contributed by atoms with van der Waals surface area (Å²) >= 11 is 4.54. The van der Waals surface area contributed by atoms with Gasteiger partial charge in [-0.25, -0.2) is 0 Å².